The molecule has 2 amide bonds. The van der Waals surface area contributed by atoms with E-state index in [2.05, 4.69) is 10.3 Å². The molecule has 1 heterocycles. The summed E-state index contributed by atoms with van der Waals surface area (Å²) in [6.45, 7) is 0. The molecule has 0 radical (unpaired) electrons. The second kappa shape index (κ2) is 5.59. The van der Waals surface area contributed by atoms with Crippen molar-refractivity contribution in [3.8, 4) is 0 Å². The summed E-state index contributed by atoms with van der Waals surface area (Å²) < 4.78 is 0. The maximum atomic E-state index is 11.6. The molecule has 7 heteroatoms. The van der Waals surface area contributed by atoms with Gasteiger partial charge in [-0.2, -0.15) is 0 Å². The Morgan fingerprint density at radius 3 is 2.59 bits per heavy atom. The number of rotatable bonds is 5. The van der Waals surface area contributed by atoms with Gasteiger partial charge in [-0.05, 0) is 12.1 Å². The number of nitrogens with one attached hydrogen (secondary N) is 1. The summed E-state index contributed by atoms with van der Waals surface area (Å²) in [5, 5.41) is 10.7. The fraction of sp³-hybridized carbons (Fsp3) is 0.200. The van der Waals surface area contributed by atoms with Crippen molar-refractivity contribution in [3.63, 3.8) is 0 Å². The minimum absolute atomic E-state index is 0.0872. The molecule has 0 spiro atoms. The standard InChI is InChI=1S/C10H11N3O4/c11-9(16)7(5-8(14)15)13-10(17)6-3-1-2-4-12-6/h1-4,7H,5H2,(H2,11,16)(H,13,17)(H,14,15)/t7-/m1/s1. The highest BCUT2D eigenvalue weighted by atomic mass is 16.4. The lowest BCUT2D eigenvalue weighted by molar-refractivity contribution is -0.139. The highest BCUT2D eigenvalue weighted by Gasteiger charge is 2.22. The van der Waals surface area contributed by atoms with Crippen molar-refractivity contribution in [3.05, 3.63) is 30.1 Å². The number of carbonyl (C=O) groups is 3. The van der Waals surface area contributed by atoms with E-state index >= 15 is 0 Å². The first-order valence-electron chi connectivity index (χ1n) is 4.73. The molecular formula is C10H11N3O4. The van der Waals surface area contributed by atoms with Crippen LogP contribution in [0.15, 0.2) is 24.4 Å². The zero-order valence-corrected chi connectivity index (χ0v) is 8.79. The van der Waals surface area contributed by atoms with Crippen LogP contribution in [0.2, 0.25) is 0 Å². The summed E-state index contributed by atoms with van der Waals surface area (Å²) in [6.07, 6.45) is 0.847. The van der Waals surface area contributed by atoms with Gasteiger partial charge in [0.1, 0.15) is 11.7 Å². The third-order valence-corrected chi connectivity index (χ3v) is 1.93. The number of carbonyl (C=O) groups excluding carboxylic acids is 2. The Kier molecular flexibility index (Phi) is 4.15. The summed E-state index contributed by atoms with van der Waals surface area (Å²) in [4.78, 5) is 36.7. The van der Waals surface area contributed by atoms with Crippen LogP contribution in [0.4, 0.5) is 0 Å². The Morgan fingerprint density at radius 1 is 1.41 bits per heavy atom. The topological polar surface area (TPSA) is 122 Å². The van der Waals surface area contributed by atoms with Crippen LogP contribution >= 0.6 is 0 Å². The molecule has 0 aromatic carbocycles. The average molecular weight is 237 g/mol. The first kappa shape index (κ1) is 12.6. The number of amides is 2. The van der Waals surface area contributed by atoms with Crippen LogP contribution in [-0.4, -0.2) is 33.9 Å². The van der Waals surface area contributed by atoms with E-state index in [0.717, 1.165) is 0 Å². The number of aliphatic carboxylic acids is 1. The number of aromatic nitrogens is 1. The zero-order valence-electron chi connectivity index (χ0n) is 8.79. The van der Waals surface area contributed by atoms with Gasteiger partial charge in [-0.3, -0.25) is 19.4 Å². The first-order chi connectivity index (χ1) is 8.00. The number of carboxylic acid groups (broad SMARTS) is 1. The Labute approximate surface area is 96.6 Å². The quantitative estimate of drug-likeness (QED) is 0.615. The average Bonchev–Trinajstić information content (AvgIpc) is 2.28. The summed E-state index contributed by atoms with van der Waals surface area (Å²) in [5.41, 5.74) is 5.06. The highest BCUT2D eigenvalue weighted by Crippen LogP contribution is 1.97. The van der Waals surface area contributed by atoms with Gasteiger partial charge in [-0.1, -0.05) is 6.07 Å². The molecule has 0 aliphatic carbocycles. The second-order valence-corrected chi connectivity index (χ2v) is 3.24. The van der Waals surface area contributed by atoms with Crippen molar-refractivity contribution < 1.29 is 19.5 Å². The van der Waals surface area contributed by atoms with Gasteiger partial charge in [0.15, 0.2) is 0 Å². The summed E-state index contributed by atoms with van der Waals surface area (Å²) in [5.74, 6) is -2.78. The molecule has 1 rings (SSSR count). The predicted molar refractivity (Wildman–Crippen MR) is 56.9 cm³/mol. The Balaban J connectivity index is 2.71. The normalized spacial score (nSPS) is 11.5. The van der Waals surface area contributed by atoms with Gasteiger partial charge in [0.05, 0.1) is 6.42 Å². The highest BCUT2D eigenvalue weighted by molar-refractivity contribution is 5.96. The molecule has 7 nitrogen and oxygen atoms in total. The van der Waals surface area contributed by atoms with Gasteiger partial charge in [-0.25, -0.2) is 0 Å². The van der Waals surface area contributed by atoms with Crippen LogP contribution in [0.25, 0.3) is 0 Å². The van der Waals surface area contributed by atoms with E-state index in [1.807, 2.05) is 0 Å². The third-order valence-electron chi connectivity index (χ3n) is 1.93. The van der Waals surface area contributed by atoms with E-state index in [0.29, 0.717) is 0 Å². The summed E-state index contributed by atoms with van der Waals surface area (Å²) in [7, 11) is 0. The molecule has 0 aliphatic rings. The number of pyridine rings is 1. The Morgan fingerprint density at radius 2 is 2.12 bits per heavy atom. The molecule has 1 atom stereocenters. The molecule has 0 saturated carbocycles. The van der Waals surface area contributed by atoms with Gasteiger partial charge < -0.3 is 16.2 Å². The maximum Gasteiger partial charge on any atom is 0.305 e. The van der Waals surface area contributed by atoms with E-state index in [1.54, 1.807) is 12.1 Å². The number of hydrogen-bond acceptors (Lipinski definition) is 4. The first-order valence-corrected chi connectivity index (χ1v) is 4.73. The molecule has 0 unspecified atom stereocenters. The van der Waals surface area contributed by atoms with Crippen molar-refractivity contribution in [2.24, 2.45) is 5.73 Å². The van der Waals surface area contributed by atoms with Crippen LogP contribution in [0, 0.1) is 0 Å². The lowest BCUT2D eigenvalue weighted by Gasteiger charge is -2.12. The number of primary amides is 1. The lowest BCUT2D eigenvalue weighted by atomic mass is 10.2. The monoisotopic (exact) mass is 237 g/mol. The van der Waals surface area contributed by atoms with Gasteiger partial charge in [-0.15, -0.1) is 0 Å². The number of nitrogens with two attached hydrogens (primary N) is 1. The van der Waals surface area contributed by atoms with Crippen LogP contribution in [0.5, 0.6) is 0 Å². The van der Waals surface area contributed by atoms with Crippen molar-refractivity contribution in [1.29, 1.82) is 0 Å². The van der Waals surface area contributed by atoms with Gasteiger partial charge in [0, 0.05) is 6.20 Å². The van der Waals surface area contributed by atoms with Crippen LogP contribution in [0.3, 0.4) is 0 Å². The fourth-order valence-corrected chi connectivity index (χ4v) is 1.13. The number of hydrogen-bond donors (Lipinski definition) is 3. The molecule has 90 valence electrons. The van der Waals surface area contributed by atoms with E-state index in [1.165, 1.54) is 12.3 Å². The Hall–Kier alpha value is -2.44. The van der Waals surface area contributed by atoms with Crippen LogP contribution in [0.1, 0.15) is 16.9 Å². The predicted octanol–water partition coefficient (Wildman–Crippen LogP) is -0.860. The molecule has 17 heavy (non-hydrogen) atoms. The van der Waals surface area contributed by atoms with E-state index < -0.39 is 30.2 Å². The molecule has 0 fully saturated rings. The van der Waals surface area contributed by atoms with Gasteiger partial charge in [0.25, 0.3) is 5.91 Å². The molecule has 0 bridgehead atoms. The summed E-state index contributed by atoms with van der Waals surface area (Å²) in [6, 6.07) is 3.41. The molecule has 1 aromatic rings. The van der Waals surface area contributed by atoms with Crippen molar-refractivity contribution in [1.82, 2.24) is 10.3 Å². The second-order valence-electron chi connectivity index (χ2n) is 3.24. The third kappa shape index (κ3) is 3.90. The Bertz CT molecular complexity index is 432. The van der Waals surface area contributed by atoms with E-state index in [9.17, 15) is 14.4 Å². The van der Waals surface area contributed by atoms with Gasteiger partial charge in [0.2, 0.25) is 5.91 Å². The summed E-state index contributed by atoms with van der Waals surface area (Å²) >= 11 is 0. The minimum Gasteiger partial charge on any atom is -0.481 e. The smallest absolute Gasteiger partial charge is 0.305 e. The largest absolute Gasteiger partial charge is 0.481 e. The molecule has 0 saturated heterocycles. The molecule has 1 aromatic heterocycles. The molecule has 0 aliphatic heterocycles. The van der Waals surface area contributed by atoms with Gasteiger partial charge >= 0.3 is 5.97 Å². The molecule has 4 N–H and O–H groups in total. The molecular weight excluding hydrogens is 226 g/mol. The maximum absolute atomic E-state index is 11.6. The lowest BCUT2D eigenvalue weighted by Crippen LogP contribution is -2.45. The van der Waals surface area contributed by atoms with E-state index in [4.69, 9.17) is 10.8 Å². The van der Waals surface area contributed by atoms with Crippen molar-refractivity contribution in [2.75, 3.05) is 0 Å². The number of nitrogens with zero attached hydrogens (tertiary/aromatic N) is 1. The van der Waals surface area contributed by atoms with Crippen molar-refractivity contribution in [2.45, 2.75) is 12.5 Å². The number of carboxylic acids is 1. The van der Waals surface area contributed by atoms with Crippen LogP contribution in [-0.2, 0) is 9.59 Å². The van der Waals surface area contributed by atoms with Crippen LogP contribution < -0.4 is 11.1 Å². The zero-order chi connectivity index (χ0) is 12.8. The minimum atomic E-state index is -1.25. The SMILES string of the molecule is NC(=O)[C@@H](CC(=O)O)NC(=O)c1ccccn1. The van der Waals surface area contributed by atoms with Crippen molar-refractivity contribution >= 4 is 17.8 Å². The van der Waals surface area contributed by atoms with E-state index in [-0.39, 0.29) is 5.69 Å². The fourth-order valence-electron chi connectivity index (χ4n) is 1.13.